The first-order chi connectivity index (χ1) is 29.4. The molecule has 0 unspecified atom stereocenters. The van der Waals surface area contributed by atoms with Gasteiger partial charge in [-0.3, -0.25) is 0 Å². The van der Waals surface area contributed by atoms with E-state index in [0.717, 1.165) is 70.5 Å². The molecule has 2 N–H and O–H groups in total. The monoisotopic (exact) mass is 841 g/mol. The van der Waals surface area contributed by atoms with Gasteiger partial charge >= 0.3 is 11.9 Å². The highest BCUT2D eigenvalue weighted by Crippen LogP contribution is 2.41. The Bertz CT molecular complexity index is 1850. The van der Waals surface area contributed by atoms with Gasteiger partial charge < -0.3 is 24.4 Å². The number of aliphatic hydroxyl groups is 2. The number of halogens is 1. The number of carbonyl (C=O) groups is 2. The first-order valence-corrected chi connectivity index (χ1v) is 23.0. The van der Waals surface area contributed by atoms with Gasteiger partial charge in [-0.25, -0.2) is 14.0 Å². The van der Waals surface area contributed by atoms with E-state index in [0.29, 0.717) is 66.9 Å². The van der Waals surface area contributed by atoms with Gasteiger partial charge in [0, 0.05) is 22.1 Å². The van der Waals surface area contributed by atoms with E-state index in [-0.39, 0.29) is 38.9 Å². The minimum absolute atomic E-state index is 0.147. The number of hydrogen-bond acceptors (Lipinski definition) is 7. The summed E-state index contributed by atoms with van der Waals surface area (Å²) in [6.45, 7) is 17.4. The predicted octanol–water partition coefficient (Wildman–Crippen LogP) is 12.2. The summed E-state index contributed by atoms with van der Waals surface area (Å²) < 4.78 is 33.5. The Morgan fingerprint density at radius 1 is 0.705 bits per heavy atom. The third-order valence-corrected chi connectivity index (χ3v) is 12.6. The molecule has 3 aromatic carbocycles. The van der Waals surface area contributed by atoms with Gasteiger partial charge in [-0.05, 0) is 153 Å². The molecule has 0 aromatic heterocycles. The van der Waals surface area contributed by atoms with Crippen LogP contribution in [0, 0.1) is 17.2 Å². The minimum Gasteiger partial charge on any atom is -0.493 e. The molecular formula is C53H73FO7. The normalized spacial score (nSPS) is 15.3. The molecule has 0 spiro atoms. The lowest BCUT2D eigenvalue weighted by Gasteiger charge is -2.30. The van der Waals surface area contributed by atoms with E-state index in [2.05, 4.69) is 57.3 Å². The molecule has 1 aliphatic rings. The summed E-state index contributed by atoms with van der Waals surface area (Å²) in [7, 11) is 0. The Kier molecular flexibility index (Phi) is 20.2. The van der Waals surface area contributed by atoms with Crippen molar-refractivity contribution >= 4 is 11.9 Å². The summed E-state index contributed by atoms with van der Waals surface area (Å²) in [5.41, 5.74) is 7.50. The zero-order chi connectivity index (χ0) is 44.4. The van der Waals surface area contributed by atoms with Crippen LogP contribution >= 0.6 is 0 Å². The molecule has 0 aliphatic heterocycles. The molecule has 3 aromatic rings. The molecule has 334 valence electrons. The van der Waals surface area contributed by atoms with E-state index < -0.39 is 17.4 Å². The summed E-state index contributed by atoms with van der Waals surface area (Å²) in [6.07, 6.45) is 14.7. The number of aryl methyl sites for hydroxylation is 3. The molecule has 1 aliphatic carbocycles. The van der Waals surface area contributed by atoms with E-state index in [4.69, 9.17) is 14.2 Å². The van der Waals surface area contributed by atoms with Crippen LogP contribution in [0.2, 0.25) is 0 Å². The number of rotatable bonds is 26. The van der Waals surface area contributed by atoms with E-state index >= 15 is 4.39 Å². The quantitative estimate of drug-likeness (QED) is 0.0471. The molecule has 0 bridgehead atoms. The number of esters is 2. The minimum atomic E-state index is -0.660. The lowest BCUT2D eigenvalue weighted by atomic mass is 9.77. The second-order valence-corrected chi connectivity index (χ2v) is 17.5. The molecule has 1 saturated carbocycles. The molecule has 8 heteroatoms. The Balaban J connectivity index is 1.68. The smallest absolute Gasteiger partial charge is 0.333 e. The maximum Gasteiger partial charge on any atom is 0.333 e. The van der Waals surface area contributed by atoms with Gasteiger partial charge in [0.2, 0.25) is 0 Å². The highest BCUT2D eigenvalue weighted by atomic mass is 19.1. The maximum absolute atomic E-state index is 16.0. The lowest BCUT2D eigenvalue weighted by Crippen LogP contribution is -2.31. The summed E-state index contributed by atoms with van der Waals surface area (Å²) in [5, 5.41) is 20.5. The van der Waals surface area contributed by atoms with Crippen LogP contribution in [0.15, 0.2) is 72.8 Å². The number of ether oxygens (including phenoxy) is 3. The van der Waals surface area contributed by atoms with Gasteiger partial charge in [0.1, 0.15) is 11.6 Å². The van der Waals surface area contributed by atoms with Crippen LogP contribution in [0.3, 0.4) is 0 Å². The van der Waals surface area contributed by atoms with Crippen molar-refractivity contribution in [3.63, 3.8) is 0 Å². The third kappa shape index (κ3) is 14.4. The lowest BCUT2D eigenvalue weighted by molar-refractivity contribution is -0.139. The topological polar surface area (TPSA) is 102 Å². The van der Waals surface area contributed by atoms with Crippen LogP contribution in [-0.2, 0) is 38.3 Å². The first kappa shape index (κ1) is 49.4. The van der Waals surface area contributed by atoms with E-state index in [1.807, 2.05) is 19.1 Å². The van der Waals surface area contributed by atoms with E-state index in [9.17, 15) is 19.8 Å². The highest BCUT2D eigenvalue weighted by Gasteiger charge is 2.28. The van der Waals surface area contributed by atoms with Crippen molar-refractivity contribution < 1.29 is 38.4 Å². The zero-order valence-electron chi connectivity index (χ0n) is 37.9. The Morgan fingerprint density at radius 2 is 1.30 bits per heavy atom. The second-order valence-electron chi connectivity index (χ2n) is 17.5. The average molecular weight is 841 g/mol. The van der Waals surface area contributed by atoms with Gasteiger partial charge in [-0.15, -0.1) is 0 Å². The molecule has 0 radical (unpaired) electrons. The molecular weight excluding hydrogens is 768 g/mol. The van der Waals surface area contributed by atoms with E-state index in [1.165, 1.54) is 38.5 Å². The third-order valence-electron chi connectivity index (χ3n) is 12.6. The predicted molar refractivity (Wildman–Crippen MR) is 245 cm³/mol. The average Bonchev–Trinajstić information content (AvgIpc) is 3.26. The van der Waals surface area contributed by atoms with Crippen LogP contribution in [0.4, 0.5) is 4.39 Å². The molecule has 7 nitrogen and oxygen atoms in total. The van der Waals surface area contributed by atoms with Gasteiger partial charge in [-0.2, -0.15) is 0 Å². The van der Waals surface area contributed by atoms with Crippen molar-refractivity contribution in [3.8, 4) is 28.0 Å². The fourth-order valence-corrected chi connectivity index (χ4v) is 8.78. The summed E-state index contributed by atoms with van der Waals surface area (Å²) in [6, 6.07) is 16.3. The highest BCUT2D eigenvalue weighted by molar-refractivity contribution is 5.87. The SMILES string of the molecule is C=C(C)C(=O)OCCCc1cc(-c2ccc(-c3ccc(C4CCC(CCCCC)CC4)cc3F)cc2CC)cc(CCCOC(=O)C(=C)C)c1OCCC(CO)(CO)CCC. The first-order valence-electron chi connectivity index (χ1n) is 23.0. The fraction of sp³-hybridized carbons (Fsp3) is 0.547. The van der Waals surface area contributed by atoms with Crippen LogP contribution in [0.5, 0.6) is 5.75 Å². The van der Waals surface area contributed by atoms with Crippen LogP contribution in [0.1, 0.15) is 146 Å². The molecule has 4 rings (SSSR count). The summed E-state index contributed by atoms with van der Waals surface area (Å²) >= 11 is 0. The van der Waals surface area contributed by atoms with Crippen LogP contribution in [-0.4, -0.2) is 55.2 Å². The molecule has 0 atom stereocenters. The van der Waals surface area contributed by atoms with Crippen LogP contribution in [0.25, 0.3) is 22.3 Å². The molecule has 0 saturated heterocycles. The fourth-order valence-electron chi connectivity index (χ4n) is 8.78. The van der Waals surface area contributed by atoms with Gasteiger partial charge in [0.05, 0.1) is 33.0 Å². The Hall–Kier alpha value is -4.27. The molecule has 0 amide bonds. The van der Waals surface area contributed by atoms with E-state index in [1.54, 1.807) is 19.9 Å². The van der Waals surface area contributed by atoms with Crippen LogP contribution < -0.4 is 4.74 Å². The maximum atomic E-state index is 16.0. The second kappa shape index (κ2) is 25.0. The molecule has 1 fully saturated rings. The van der Waals surface area contributed by atoms with Gasteiger partial charge in [0.25, 0.3) is 0 Å². The molecule has 61 heavy (non-hydrogen) atoms. The number of benzene rings is 3. The number of carbonyl (C=O) groups excluding carboxylic acids is 2. The van der Waals surface area contributed by atoms with Crippen molar-refractivity contribution in [3.05, 3.63) is 101 Å². The van der Waals surface area contributed by atoms with Crippen molar-refractivity contribution in [2.24, 2.45) is 11.3 Å². The van der Waals surface area contributed by atoms with Gasteiger partial charge in [-0.1, -0.05) is 96.4 Å². The number of aliphatic hydroxyl groups excluding tert-OH is 2. The standard InChI is InChI=1S/C53H73FO7/c1-8-11-12-15-39-18-20-41(21-19-39)42-22-25-48(49(54)34-42)43-23-24-47(40(10-3)31-43)46-32-44(16-13-28-60-51(57)37(4)5)50(59-30-27-53(35-55,36-56)26-9-2)45(33-46)17-14-29-61-52(58)38(6)7/h22-25,31-34,39,41,55-56H,4,6,8-21,26-30,35-36H2,1-3,5,7H3. The zero-order valence-corrected chi connectivity index (χ0v) is 37.9. The number of unbranched alkanes of at least 4 members (excludes halogenated alkanes) is 2. The van der Waals surface area contributed by atoms with Gasteiger partial charge in [0.15, 0.2) is 0 Å². The number of hydrogen-bond donors (Lipinski definition) is 2. The summed E-state index contributed by atoms with van der Waals surface area (Å²) in [4.78, 5) is 24.4. The van der Waals surface area contributed by atoms with Crippen molar-refractivity contribution in [1.82, 2.24) is 0 Å². The van der Waals surface area contributed by atoms with Crippen molar-refractivity contribution in [2.45, 2.75) is 143 Å². The Labute approximate surface area is 365 Å². The Morgan fingerprint density at radius 3 is 1.82 bits per heavy atom. The van der Waals surface area contributed by atoms with Crippen molar-refractivity contribution in [2.75, 3.05) is 33.0 Å². The molecule has 0 heterocycles. The largest absolute Gasteiger partial charge is 0.493 e. The van der Waals surface area contributed by atoms with Crippen molar-refractivity contribution in [1.29, 1.82) is 0 Å². The summed E-state index contributed by atoms with van der Waals surface area (Å²) in [5.74, 6) is 0.859.